The first-order valence-electron chi connectivity index (χ1n) is 5.77. The molecule has 2 saturated carbocycles. The van der Waals surface area contributed by atoms with E-state index in [1.807, 2.05) is 0 Å². The first kappa shape index (κ1) is 10.0. The minimum absolute atomic E-state index is 0.0805. The van der Waals surface area contributed by atoms with Crippen LogP contribution in [0, 0.1) is 23.2 Å². The van der Waals surface area contributed by atoms with Crippen molar-refractivity contribution in [2.24, 2.45) is 23.2 Å². The van der Waals surface area contributed by atoms with Crippen LogP contribution in [-0.4, -0.2) is 11.1 Å². The van der Waals surface area contributed by atoms with Gasteiger partial charge < -0.3 is 5.11 Å². The van der Waals surface area contributed by atoms with E-state index in [-0.39, 0.29) is 5.92 Å². The lowest BCUT2D eigenvalue weighted by molar-refractivity contribution is -0.143. The summed E-state index contributed by atoms with van der Waals surface area (Å²) in [5, 5.41) is 9.15. The molecule has 2 heteroatoms. The number of rotatable bonds is 1. The zero-order valence-corrected chi connectivity index (χ0v) is 9.12. The molecule has 2 aliphatic rings. The highest BCUT2D eigenvalue weighted by atomic mass is 16.4. The molecule has 80 valence electrons. The molecule has 2 aliphatic carbocycles. The van der Waals surface area contributed by atoms with Crippen molar-refractivity contribution in [2.45, 2.75) is 46.0 Å². The van der Waals surface area contributed by atoms with Crippen molar-refractivity contribution in [1.29, 1.82) is 0 Å². The van der Waals surface area contributed by atoms with Crippen LogP contribution in [0.25, 0.3) is 0 Å². The molecule has 0 aliphatic heterocycles. The Bertz CT molecular complexity index is 249. The third-order valence-electron chi connectivity index (χ3n) is 4.68. The van der Waals surface area contributed by atoms with E-state index >= 15 is 0 Å². The molecular formula is C12H20O2. The van der Waals surface area contributed by atoms with Gasteiger partial charge in [-0.05, 0) is 36.5 Å². The summed E-state index contributed by atoms with van der Waals surface area (Å²) in [5.41, 5.74) is 0.334. The highest BCUT2D eigenvalue weighted by molar-refractivity contribution is 5.71. The number of aliphatic carboxylic acids is 1. The second-order valence-electron chi connectivity index (χ2n) is 5.51. The Morgan fingerprint density at radius 1 is 1.43 bits per heavy atom. The summed E-state index contributed by atoms with van der Waals surface area (Å²) >= 11 is 0. The van der Waals surface area contributed by atoms with E-state index in [1.54, 1.807) is 0 Å². The van der Waals surface area contributed by atoms with E-state index in [2.05, 4.69) is 13.8 Å². The van der Waals surface area contributed by atoms with Gasteiger partial charge >= 0.3 is 5.97 Å². The van der Waals surface area contributed by atoms with Crippen LogP contribution in [0.5, 0.6) is 0 Å². The minimum atomic E-state index is -0.576. The molecule has 0 heterocycles. The highest BCUT2D eigenvalue weighted by Crippen LogP contribution is 2.56. The quantitative estimate of drug-likeness (QED) is 0.700. The molecule has 2 nitrogen and oxygen atoms in total. The first-order chi connectivity index (χ1) is 6.54. The summed E-state index contributed by atoms with van der Waals surface area (Å²) in [6.07, 6.45) is 6.00. The van der Waals surface area contributed by atoms with Crippen molar-refractivity contribution in [3.63, 3.8) is 0 Å². The predicted molar refractivity (Wildman–Crippen MR) is 55.0 cm³/mol. The third kappa shape index (κ3) is 1.35. The minimum Gasteiger partial charge on any atom is -0.481 e. The molecule has 0 radical (unpaired) electrons. The number of carboxylic acid groups (broad SMARTS) is 1. The molecule has 0 aromatic rings. The molecule has 1 N–H and O–H groups in total. The van der Waals surface area contributed by atoms with E-state index in [0.29, 0.717) is 17.3 Å². The van der Waals surface area contributed by atoms with Crippen LogP contribution in [0.2, 0.25) is 0 Å². The molecule has 2 fully saturated rings. The Kier molecular flexibility index (Phi) is 2.32. The molecule has 0 unspecified atom stereocenters. The number of fused-ring (bicyclic) bond motifs is 1. The second-order valence-corrected chi connectivity index (χ2v) is 5.51. The largest absolute Gasteiger partial charge is 0.481 e. The van der Waals surface area contributed by atoms with E-state index in [9.17, 15) is 4.79 Å². The lowest BCUT2D eigenvalue weighted by Gasteiger charge is -2.37. The van der Waals surface area contributed by atoms with Crippen LogP contribution in [0.3, 0.4) is 0 Å². The Morgan fingerprint density at radius 3 is 2.71 bits per heavy atom. The molecule has 4 atom stereocenters. The molecule has 2 rings (SSSR count). The number of hydrogen-bond acceptors (Lipinski definition) is 1. The summed E-state index contributed by atoms with van der Waals surface area (Å²) in [4.78, 5) is 11.1. The fourth-order valence-electron chi connectivity index (χ4n) is 3.86. The van der Waals surface area contributed by atoms with E-state index < -0.39 is 5.97 Å². The zero-order valence-electron chi connectivity index (χ0n) is 9.12. The van der Waals surface area contributed by atoms with Gasteiger partial charge in [-0.15, -0.1) is 0 Å². The molecule has 0 amide bonds. The maximum absolute atomic E-state index is 11.1. The van der Waals surface area contributed by atoms with E-state index in [4.69, 9.17) is 5.11 Å². The molecule has 0 spiro atoms. The predicted octanol–water partition coefficient (Wildman–Crippen LogP) is 2.92. The Labute approximate surface area is 85.7 Å². The second kappa shape index (κ2) is 3.25. The standard InChI is InChI=1S/C12H20O2/c1-8-9(11(13)14)7-12(2)6-4-3-5-10(8)12/h8-10H,3-7H2,1-2H3,(H,13,14)/t8-,9-,10+,12+/m1/s1. The summed E-state index contributed by atoms with van der Waals surface area (Å²) < 4.78 is 0. The van der Waals surface area contributed by atoms with Crippen LogP contribution >= 0.6 is 0 Å². The molecular weight excluding hydrogens is 176 g/mol. The fraction of sp³-hybridized carbons (Fsp3) is 0.917. The van der Waals surface area contributed by atoms with Gasteiger partial charge in [-0.1, -0.05) is 26.7 Å². The topological polar surface area (TPSA) is 37.3 Å². The highest BCUT2D eigenvalue weighted by Gasteiger charge is 2.51. The van der Waals surface area contributed by atoms with Gasteiger partial charge in [0.2, 0.25) is 0 Å². The van der Waals surface area contributed by atoms with E-state index in [0.717, 1.165) is 6.42 Å². The first-order valence-corrected chi connectivity index (χ1v) is 5.77. The van der Waals surface area contributed by atoms with Crippen molar-refractivity contribution in [2.75, 3.05) is 0 Å². The average Bonchev–Trinajstić information content (AvgIpc) is 2.39. The number of hydrogen-bond donors (Lipinski definition) is 1. The zero-order chi connectivity index (χ0) is 10.3. The molecule has 14 heavy (non-hydrogen) atoms. The van der Waals surface area contributed by atoms with Crippen LogP contribution in [0.1, 0.15) is 46.0 Å². The summed E-state index contributed by atoms with van der Waals surface area (Å²) in [6, 6.07) is 0. The smallest absolute Gasteiger partial charge is 0.306 e. The van der Waals surface area contributed by atoms with Gasteiger partial charge in [0.05, 0.1) is 5.92 Å². The number of carboxylic acids is 1. The SMILES string of the molecule is C[C@@H]1[C@H](C(=O)O)C[C@]2(C)CCCC[C@@H]12. The van der Waals surface area contributed by atoms with Gasteiger partial charge in [-0.3, -0.25) is 4.79 Å². The van der Waals surface area contributed by atoms with Gasteiger partial charge in [-0.25, -0.2) is 0 Å². The Balaban J connectivity index is 2.20. The lowest BCUT2D eigenvalue weighted by Crippen LogP contribution is -2.28. The van der Waals surface area contributed by atoms with Gasteiger partial charge in [0.25, 0.3) is 0 Å². The summed E-state index contributed by atoms with van der Waals surface area (Å²) in [7, 11) is 0. The normalized spacial score (nSPS) is 47.4. The summed E-state index contributed by atoms with van der Waals surface area (Å²) in [5.74, 6) is 0.395. The Morgan fingerprint density at radius 2 is 2.14 bits per heavy atom. The maximum atomic E-state index is 11.1. The van der Waals surface area contributed by atoms with Crippen molar-refractivity contribution < 1.29 is 9.90 Å². The summed E-state index contributed by atoms with van der Waals surface area (Å²) in [6.45, 7) is 4.44. The molecule has 0 saturated heterocycles. The molecule has 0 bridgehead atoms. The average molecular weight is 196 g/mol. The Hall–Kier alpha value is -0.530. The van der Waals surface area contributed by atoms with Crippen molar-refractivity contribution in [1.82, 2.24) is 0 Å². The van der Waals surface area contributed by atoms with Crippen molar-refractivity contribution in [3.05, 3.63) is 0 Å². The maximum Gasteiger partial charge on any atom is 0.306 e. The van der Waals surface area contributed by atoms with Gasteiger partial charge in [0.1, 0.15) is 0 Å². The van der Waals surface area contributed by atoms with Crippen molar-refractivity contribution >= 4 is 5.97 Å². The van der Waals surface area contributed by atoms with Crippen LogP contribution in [0.4, 0.5) is 0 Å². The number of carbonyl (C=O) groups is 1. The fourth-order valence-corrected chi connectivity index (χ4v) is 3.86. The third-order valence-corrected chi connectivity index (χ3v) is 4.68. The van der Waals surface area contributed by atoms with Crippen LogP contribution < -0.4 is 0 Å². The van der Waals surface area contributed by atoms with Crippen LogP contribution in [-0.2, 0) is 4.79 Å². The van der Waals surface area contributed by atoms with Gasteiger partial charge in [0, 0.05) is 0 Å². The van der Waals surface area contributed by atoms with Crippen molar-refractivity contribution in [3.8, 4) is 0 Å². The molecule has 0 aromatic heterocycles. The van der Waals surface area contributed by atoms with E-state index in [1.165, 1.54) is 25.7 Å². The monoisotopic (exact) mass is 196 g/mol. The lowest BCUT2D eigenvalue weighted by atomic mass is 9.68. The van der Waals surface area contributed by atoms with Crippen LogP contribution in [0.15, 0.2) is 0 Å². The van der Waals surface area contributed by atoms with Gasteiger partial charge in [0.15, 0.2) is 0 Å². The molecule has 0 aromatic carbocycles. The van der Waals surface area contributed by atoms with Gasteiger partial charge in [-0.2, -0.15) is 0 Å².